The standard InChI is InChI=1S/C7H16N2O3/c1-12-5-3-9(2-4-10)7(11)6-8/h10H,2-6,8H2,1H3. The zero-order valence-corrected chi connectivity index (χ0v) is 7.32. The highest BCUT2D eigenvalue weighted by Crippen LogP contribution is 1.87. The van der Waals surface area contributed by atoms with Gasteiger partial charge in [0.25, 0.3) is 0 Å². The summed E-state index contributed by atoms with van der Waals surface area (Å²) in [6.45, 7) is 1.19. The predicted molar refractivity (Wildman–Crippen MR) is 44.6 cm³/mol. The van der Waals surface area contributed by atoms with Gasteiger partial charge in [0.05, 0.1) is 19.8 Å². The lowest BCUT2D eigenvalue weighted by atomic mass is 10.4. The first kappa shape index (κ1) is 11.4. The van der Waals surface area contributed by atoms with E-state index in [1.807, 2.05) is 0 Å². The molecule has 0 atom stereocenters. The molecule has 0 radical (unpaired) electrons. The average molecular weight is 176 g/mol. The smallest absolute Gasteiger partial charge is 0.236 e. The maximum atomic E-state index is 11.0. The van der Waals surface area contributed by atoms with E-state index < -0.39 is 0 Å². The molecule has 0 fully saturated rings. The third-order valence-corrected chi connectivity index (χ3v) is 1.46. The molecule has 0 spiro atoms. The highest BCUT2D eigenvalue weighted by molar-refractivity contribution is 5.77. The maximum Gasteiger partial charge on any atom is 0.236 e. The fourth-order valence-electron chi connectivity index (χ4n) is 0.812. The van der Waals surface area contributed by atoms with Crippen LogP contribution in [0.1, 0.15) is 0 Å². The summed E-state index contributed by atoms with van der Waals surface area (Å²) in [5.74, 6) is -0.166. The van der Waals surface area contributed by atoms with Gasteiger partial charge in [0.1, 0.15) is 0 Å². The van der Waals surface area contributed by atoms with Gasteiger partial charge in [0.15, 0.2) is 0 Å². The molecule has 12 heavy (non-hydrogen) atoms. The number of methoxy groups -OCH3 is 1. The van der Waals surface area contributed by atoms with Crippen molar-refractivity contribution in [3.05, 3.63) is 0 Å². The van der Waals surface area contributed by atoms with Gasteiger partial charge < -0.3 is 20.5 Å². The Morgan fingerprint density at radius 2 is 2.25 bits per heavy atom. The molecule has 0 bridgehead atoms. The van der Waals surface area contributed by atoms with Gasteiger partial charge in [-0.05, 0) is 0 Å². The molecule has 0 aliphatic rings. The summed E-state index contributed by atoms with van der Waals surface area (Å²) < 4.78 is 4.80. The van der Waals surface area contributed by atoms with Crippen molar-refractivity contribution in [2.75, 3.05) is 40.0 Å². The van der Waals surface area contributed by atoms with Crippen molar-refractivity contribution in [2.24, 2.45) is 5.73 Å². The Labute approximate surface area is 72.1 Å². The van der Waals surface area contributed by atoms with Crippen LogP contribution in [0.25, 0.3) is 0 Å². The average Bonchev–Trinajstić information content (AvgIpc) is 2.11. The van der Waals surface area contributed by atoms with Gasteiger partial charge in [-0.1, -0.05) is 0 Å². The lowest BCUT2D eigenvalue weighted by molar-refractivity contribution is -0.130. The first-order chi connectivity index (χ1) is 5.76. The number of carbonyl (C=O) groups is 1. The van der Waals surface area contributed by atoms with Crippen LogP contribution in [0, 0.1) is 0 Å². The minimum Gasteiger partial charge on any atom is -0.395 e. The monoisotopic (exact) mass is 176 g/mol. The van der Waals surface area contributed by atoms with E-state index >= 15 is 0 Å². The fourth-order valence-corrected chi connectivity index (χ4v) is 0.812. The Balaban J connectivity index is 3.76. The van der Waals surface area contributed by atoms with E-state index in [0.29, 0.717) is 19.7 Å². The van der Waals surface area contributed by atoms with E-state index in [1.165, 1.54) is 4.90 Å². The lowest BCUT2D eigenvalue weighted by Crippen LogP contribution is -2.39. The Kier molecular flexibility index (Phi) is 6.64. The lowest BCUT2D eigenvalue weighted by Gasteiger charge is -2.20. The number of nitrogens with zero attached hydrogens (tertiary/aromatic N) is 1. The van der Waals surface area contributed by atoms with Gasteiger partial charge in [0.2, 0.25) is 5.91 Å². The van der Waals surface area contributed by atoms with Crippen molar-refractivity contribution in [1.29, 1.82) is 0 Å². The molecule has 0 saturated heterocycles. The molecule has 0 aromatic heterocycles. The molecule has 5 heteroatoms. The second-order valence-electron chi connectivity index (χ2n) is 2.30. The van der Waals surface area contributed by atoms with Crippen LogP contribution in [0.5, 0.6) is 0 Å². The highest BCUT2D eigenvalue weighted by atomic mass is 16.5. The topological polar surface area (TPSA) is 75.8 Å². The van der Waals surface area contributed by atoms with Gasteiger partial charge in [-0.3, -0.25) is 4.79 Å². The molecular weight excluding hydrogens is 160 g/mol. The summed E-state index contributed by atoms with van der Waals surface area (Å²) in [5.41, 5.74) is 5.16. The number of amides is 1. The van der Waals surface area contributed by atoms with Crippen LogP contribution >= 0.6 is 0 Å². The molecular formula is C7H16N2O3. The maximum absolute atomic E-state index is 11.0. The van der Waals surface area contributed by atoms with Crippen LogP contribution in [0.3, 0.4) is 0 Å². The molecule has 3 N–H and O–H groups in total. The molecule has 5 nitrogen and oxygen atoms in total. The number of hydrogen-bond donors (Lipinski definition) is 2. The van der Waals surface area contributed by atoms with E-state index in [1.54, 1.807) is 7.11 Å². The number of aliphatic hydroxyl groups excluding tert-OH is 1. The molecule has 0 aliphatic heterocycles. The number of carbonyl (C=O) groups excluding carboxylic acids is 1. The second-order valence-corrected chi connectivity index (χ2v) is 2.30. The van der Waals surface area contributed by atoms with Crippen molar-refractivity contribution in [3.8, 4) is 0 Å². The molecule has 0 unspecified atom stereocenters. The van der Waals surface area contributed by atoms with Crippen LogP contribution in [0.15, 0.2) is 0 Å². The number of rotatable bonds is 6. The van der Waals surface area contributed by atoms with Crippen molar-refractivity contribution < 1.29 is 14.6 Å². The molecule has 0 aromatic carbocycles. The Hall–Kier alpha value is -0.650. The molecule has 0 saturated carbocycles. The van der Waals surface area contributed by atoms with Crippen LogP contribution in [-0.2, 0) is 9.53 Å². The van der Waals surface area contributed by atoms with E-state index in [4.69, 9.17) is 15.6 Å². The molecule has 0 aromatic rings. The largest absolute Gasteiger partial charge is 0.395 e. The number of ether oxygens (including phenoxy) is 1. The summed E-state index contributed by atoms with van der Waals surface area (Å²) in [5, 5.41) is 8.60. The zero-order valence-electron chi connectivity index (χ0n) is 7.32. The van der Waals surface area contributed by atoms with E-state index in [2.05, 4.69) is 0 Å². The summed E-state index contributed by atoms with van der Waals surface area (Å²) in [6.07, 6.45) is 0. The summed E-state index contributed by atoms with van der Waals surface area (Å²) in [6, 6.07) is 0. The Morgan fingerprint density at radius 3 is 2.67 bits per heavy atom. The third kappa shape index (κ3) is 4.27. The number of nitrogens with two attached hydrogens (primary N) is 1. The van der Waals surface area contributed by atoms with Gasteiger partial charge in [-0.25, -0.2) is 0 Å². The van der Waals surface area contributed by atoms with E-state index in [-0.39, 0.29) is 19.1 Å². The van der Waals surface area contributed by atoms with Crippen molar-refractivity contribution in [1.82, 2.24) is 4.90 Å². The quantitative estimate of drug-likeness (QED) is 0.511. The zero-order chi connectivity index (χ0) is 9.40. The first-order valence-electron chi connectivity index (χ1n) is 3.84. The summed E-state index contributed by atoms with van der Waals surface area (Å²) in [7, 11) is 1.56. The van der Waals surface area contributed by atoms with Gasteiger partial charge in [0, 0.05) is 20.2 Å². The van der Waals surface area contributed by atoms with Gasteiger partial charge in [-0.2, -0.15) is 0 Å². The van der Waals surface area contributed by atoms with Crippen LogP contribution in [-0.4, -0.2) is 55.9 Å². The molecule has 0 rings (SSSR count). The van der Waals surface area contributed by atoms with Gasteiger partial charge in [-0.15, -0.1) is 0 Å². The molecule has 72 valence electrons. The normalized spacial score (nSPS) is 9.92. The third-order valence-electron chi connectivity index (χ3n) is 1.46. The van der Waals surface area contributed by atoms with Crippen LogP contribution in [0.4, 0.5) is 0 Å². The van der Waals surface area contributed by atoms with Crippen molar-refractivity contribution in [3.63, 3.8) is 0 Å². The van der Waals surface area contributed by atoms with E-state index in [9.17, 15) is 4.79 Å². The number of hydrogen-bond acceptors (Lipinski definition) is 4. The number of aliphatic hydroxyl groups is 1. The minimum atomic E-state index is -0.166. The molecule has 1 amide bonds. The first-order valence-corrected chi connectivity index (χ1v) is 3.84. The van der Waals surface area contributed by atoms with Crippen molar-refractivity contribution >= 4 is 5.91 Å². The van der Waals surface area contributed by atoms with Crippen LogP contribution in [0.2, 0.25) is 0 Å². The second kappa shape index (κ2) is 7.02. The molecule has 0 heterocycles. The summed E-state index contributed by atoms with van der Waals surface area (Å²) >= 11 is 0. The van der Waals surface area contributed by atoms with E-state index in [0.717, 1.165) is 0 Å². The fraction of sp³-hybridized carbons (Fsp3) is 0.857. The van der Waals surface area contributed by atoms with Crippen LogP contribution < -0.4 is 5.73 Å². The molecule has 0 aliphatic carbocycles. The SMILES string of the molecule is COCCN(CCO)C(=O)CN. The minimum absolute atomic E-state index is 0.0241. The van der Waals surface area contributed by atoms with Gasteiger partial charge >= 0.3 is 0 Å². The highest BCUT2D eigenvalue weighted by Gasteiger charge is 2.09. The Morgan fingerprint density at radius 1 is 1.58 bits per heavy atom. The Bertz CT molecular complexity index is 130. The summed E-state index contributed by atoms with van der Waals surface area (Å²) in [4.78, 5) is 12.5. The van der Waals surface area contributed by atoms with Crippen molar-refractivity contribution in [2.45, 2.75) is 0 Å². The predicted octanol–water partition coefficient (Wildman–Crippen LogP) is -1.59.